The number of halogens is 1. The van der Waals surface area contributed by atoms with E-state index in [2.05, 4.69) is 4.98 Å². The van der Waals surface area contributed by atoms with E-state index in [1.165, 1.54) is 13.2 Å². The van der Waals surface area contributed by atoms with Crippen LogP contribution in [-0.2, 0) is 0 Å². The van der Waals surface area contributed by atoms with Gasteiger partial charge in [0.15, 0.2) is 0 Å². The lowest BCUT2D eigenvalue weighted by Gasteiger charge is -2.17. The maximum atomic E-state index is 12.9. The third kappa shape index (κ3) is 2.20. The molecule has 1 heterocycles. The van der Waals surface area contributed by atoms with Crippen LogP contribution in [0.4, 0.5) is 4.39 Å². The Bertz CT molecular complexity index is 315. The average molecular weight is 198 g/mol. The molecule has 0 fully saturated rings. The zero-order valence-electron chi connectivity index (χ0n) is 8.62. The number of ether oxygens (including phenoxy) is 1. The van der Waals surface area contributed by atoms with E-state index in [4.69, 9.17) is 10.5 Å². The quantitative estimate of drug-likeness (QED) is 0.806. The van der Waals surface area contributed by atoms with Crippen molar-refractivity contribution in [2.45, 2.75) is 19.9 Å². The van der Waals surface area contributed by atoms with Crippen LogP contribution in [0.1, 0.15) is 25.5 Å². The van der Waals surface area contributed by atoms with Gasteiger partial charge in [-0.15, -0.1) is 0 Å². The standard InChI is InChI=1S/C10H15FN2O/c1-6(2)9(12)8-4-7(11)5-13-10(8)14-3/h4-6,9H,12H2,1-3H3/t9-/m1/s1. The maximum absolute atomic E-state index is 12.9. The van der Waals surface area contributed by atoms with Gasteiger partial charge in [0.25, 0.3) is 0 Å². The molecule has 1 aromatic rings. The molecule has 1 atom stereocenters. The number of pyridine rings is 1. The van der Waals surface area contributed by atoms with Gasteiger partial charge in [-0.05, 0) is 12.0 Å². The Balaban J connectivity index is 3.10. The van der Waals surface area contributed by atoms with Crippen LogP contribution in [0.5, 0.6) is 5.88 Å². The molecule has 1 aromatic heterocycles. The van der Waals surface area contributed by atoms with Gasteiger partial charge in [0.2, 0.25) is 5.88 Å². The molecule has 0 saturated carbocycles. The zero-order valence-corrected chi connectivity index (χ0v) is 8.62. The highest BCUT2D eigenvalue weighted by Crippen LogP contribution is 2.26. The van der Waals surface area contributed by atoms with Crippen molar-refractivity contribution in [2.24, 2.45) is 11.7 Å². The van der Waals surface area contributed by atoms with Gasteiger partial charge < -0.3 is 10.5 Å². The summed E-state index contributed by atoms with van der Waals surface area (Å²) in [4.78, 5) is 3.82. The molecule has 0 aliphatic carbocycles. The Kier molecular flexibility index (Phi) is 3.41. The number of rotatable bonds is 3. The lowest BCUT2D eigenvalue weighted by Crippen LogP contribution is -2.18. The fourth-order valence-electron chi connectivity index (χ4n) is 1.21. The molecule has 0 aliphatic heterocycles. The van der Waals surface area contributed by atoms with E-state index in [0.717, 1.165) is 6.20 Å². The van der Waals surface area contributed by atoms with Crippen LogP contribution >= 0.6 is 0 Å². The minimum absolute atomic E-state index is 0.215. The molecule has 0 unspecified atom stereocenters. The van der Waals surface area contributed by atoms with E-state index >= 15 is 0 Å². The molecule has 4 heteroatoms. The highest BCUT2D eigenvalue weighted by molar-refractivity contribution is 5.29. The summed E-state index contributed by atoms with van der Waals surface area (Å²) in [5.74, 6) is 0.219. The van der Waals surface area contributed by atoms with Crippen LogP contribution in [-0.4, -0.2) is 12.1 Å². The van der Waals surface area contributed by atoms with E-state index in [-0.39, 0.29) is 12.0 Å². The second kappa shape index (κ2) is 4.37. The third-order valence-corrected chi connectivity index (χ3v) is 2.12. The number of aromatic nitrogens is 1. The monoisotopic (exact) mass is 198 g/mol. The first-order valence-electron chi connectivity index (χ1n) is 4.51. The Labute approximate surface area is 83.1 Å². The van der Waals surface area contributed by atoms with Gasteiger partial charge >= 0.3 is 0 Å². The van der Waals surface area contributed by atoms with Gasteiger partial charge in [-0.25, -0.2) is 9.37 Å². The topological polar surface area (TPSA) is 48.1 Å². The lowest BCUT2D eigenvalue weighted by molar-refractivity contribution is 0.377. The zero-order chi connectivity index (χ0) is 10.7. The highest BCUT2D eigenvalue weighted by atomic mass is 19.1. The molecule has 2 N–H and O–H groups in total. The SMILES string of the molecule is COc1ncc(F)cc1[C@H](N)C(C)C. The summed E-state index contributed by atoms with van der Waals surface area (Å²) in [6, 6.07) is 1.12. The Morgan fingerprint density at radius 1 is 1.50 bits per heavy atom. The van der Waals surface area contributed by atoms with Gasteiger partial charge in [-0.3, -0.25) is 0 Å². The van der Waals surface area contributed by atoms with Crippen LogP contribution in [0, 0.1) is 11.7 Å². The minimum atomic E-state index is -0.392. The van der Waals surface area contributed by atoms with Crippen LogP contribution in [0.2, 0.25) is 0 Å². The number of methoxy groups -OCH3 is 1. The predicted octanol–water partition coefficient (Wildman–Crippen LogP) is 1.89. The summed E-state index contributed by atoms with van der Waals surface area (Å²) < 4.78 is 17.9. The van der Waals surface area contributed by atoms with Crippen molar-refractivity contribution in [3.8, 4) is 5.88 Å². The van der Waals surface area contributed by atoms with Gasteiger partial charge in [-0.2, -0.15) is 0 Å². The fourth-order valence-corrected chi connectivity index (χ4v) is 1.21. The van der Waals surface area contributed by atoms with Gasteiger partial charge in [-0.1, -0.05) is 13.8 Å². The summed E-state index contributed by atoms with van der Waals surface area (Å²) >= 11 is 0. The summed E-state index contributed by atoms with van der Waals surface area (Å²) in [5.41, 5.74) is 6.51. The molecule has 0 saturated heterocycles. The number of hydrogen-bond donors (Lipinski definition) is 1. The van der Waals surface area contributed by atoms with Crippen LogP contribution in [0.15, 0.2) is 12.3 Å². The van der Waals surface area contributed by atoms with Crippen molar-refractivity contribution >= 4 is 0 Å². The van der Waals surface area contributed by atoms with Crippen molar-refractivity contribution in [1.29, 1.82) is 0 Å². The summed E-state index contributed by atoms with van der Waals surface area (Å²) in [7, 11) is 1.50. The normalized spacial score (nSPS) is 13.0. The third-order valence-electron chi connectivity index (χ3n) is 2.12. The molecule has 0 amide bonds. The lowest BCUT2D eigenvalue weighted by atomic mass is 9.98. The van der Waals surface area contributed by atoms with E-state index in [1.54, 1.807) is 0 Å². The molecule has 3 nitrogen and oxygen atoms in total. The second-order valence-electron chi connectivity index (χ2n) is 3.52. The van der Waals surface area contributed by atoms with Crippen LogP contribution in [0.25, 0.3) is 0 Å². The molecule has 0 radical (unpaired) electrons. The molecule has 14 heavy (non-hydrogen) atoms. The summed E-state index contributed by atoms with van der Waals surface area (Å²) in [6.07, 6.45) is 1.12. The molecule has 0 aliphatic rings. The first-order chi connectivity index (χ1) is 6.56. The predicted molar refractivity (Wildman–Crippen MR) is 52.5 cm³/mol. The molecular weight excluding hydrogens is 183 g/mol. The summed E-state index contributed by atoms with van der Waals surface area (Å²) in [6.45, 7) is 3.93. The Morgan fingerprint density at radius 3 is 2.64 bits per heavy atom. The fraction of sp³-hybridized carbons (Fsp3) is 0.500. The highest BCUT2D eigenvalue weighted by Gasteiger charge is 2.17. The van der Waals surface area contributed by atoms with Crippen LogP contribution < -0.4 is 10.5 Å². The van der Waals surface area contributed by atoms with Crippen molar-refractivity contribution < 1.29 is 9.13 Å². The van der Waals surface area contributed by atoms with E-state index in [1.807, 2.05) is 13.8 Å². The molecular formula is C10H15FN2O. The van der Waals surface area contributed by atoms with Gasteiger partial charge in [0.05, 0.1) is 13.3 Å². The summed E-state index contributed by atoms with van der Waals surface area (Å²) in [5, 5.41) is 0. The van der Waals surface area contributed by atoms with Crippen molar-refractivity contribution in [3.63, 3.8) is 0 Å². The van der Waals surface area contributed by atoms with Crippen LogP contribution in [0.3, 0.4) is 0 Å². The average Bonchev–Trinajstić information content (AvgIpc) is 2.16. The molecule has 78 valence electrons. The largest absolute Gasteiger partial charge is 0.481 e. The smallest absolute Gasteiger partial charge is 0.218 e. The van der Waals surface area contributed by atoms with E-state index in [9.17, 15) is 4.39 Å². The second-order valence-corrected chi connectivity index (χ2v) is 3.52. The van der Waals surface area contributed by atoms with Crippen molar-refractivity contribution in [1.82, 2.24) is 4.98 Å². The Hall–Kier alpha value is -1.16. The minimum Gasteiger partial charge on any atom is -0.481 e. The maximum Gasteiger partial charge on any atom is 0.218 e. The molecule has 0 bridgehead atoms. The first kappa shape index (κ1) is 10.9. The first-order valence-corrected chi connectivity index (χ1v) is 4.51. The number of nitrogens with zero attached hydrogens (tertiary/aromatic N) is 1. The van der Waals surface area contributed by atoms with E-state index < -0.39 is 5.82 Å². The molecule has 0 aromatic carbocycles. The number of hydrogen-bond acceptors (Lipinski definition) is 3. The van der Waals surface area contributed by atoms with E-state index in [0.29, 0.717) is 11.4 Å². The van der Waals surface area contributed by atoms with Crippen molar-refractivity contribution in [3.05, 3.63) is 23.6 Å². The van der Waals surface area contributed by atoms with Gasteiger partial charge in [0, 0.05) is 11.6 Å². The van der Waals surface area contributed by atoms with Crippen molar-refractivity contribution in [2.75, 3.05) is 7.11 Å². The Morgan fingerprint density at radius 2 is 2.14 bits per heavy atom. The number of nitrogens with two attached hydrogens (primary N) is 1. The van der Waals surface area contributed by atoms with Gasteiger partial charge in [0.1, 0.15) is 5.82 Å². The molecule has 0 spiro atoms. The molecule has 1 rings (SSSR count).